The number of aryl methyl sites for hydroxylation is 3. The van der Waals surface area contributed by atoms with Crippen molar-refractivity contribution in [3.63, 3.8) is 0 Å². The Kier molecular flexibility index (Phi) is 6.73. The van der Waals surface area contributed by atoms with Crippen LogP contribution >= 0.6 is 11.8 Å². The van der Waals surface area contributed by atoms with Gasteiger partial charge in [0, 0.05) is 21.8 Å². The van der Waals surface area contributed by atoms with Crippen molar-refractivity contribution >= 4 is 35.0 Å². The van der Waals surface area contributed by atoms with Crippen LogP contribution in [0.15, 0.2) is 71.6 Å². The first-order valence-electron chi connectivity index (χ1n) is 9.39. The lowest BCUT2D eigenvalue weighted by molar-refractivity contribution is -0.113. The fraction of sp³-hybridized carbons (Fsp3) is 0.167. The molecule has 0 aliphatic heterocycles. The molecule has 0 fully saturated rings. The topological polar surface area (TPSA) is 58.2 Å². The van der Waals surface area contributed by atoms with E-state index in [4.69, 9.17) is 0 Å². The molecule has 0 saturated carbocycles. The fourth-order valence-electron chi connectivity index (χ4n) is 2.86. The Balaban J connectivity index is 1.57. The highest BCUT2D eigenvalue weighted by atomic mass is 32.2. The highest BCUT2D eigenvalue weighted by Crippen LogP contribution is 2.23. The molecule has 148 valence electrons. The molecule has 0 radical (unpaired) electrons. The molecule has 0 unspecified atom stereocenters. The Morgan fingerprint density at radius 3 is 2.28 bits per heavy atom. The van der Waals surface area contributed by atoms with E-state index in [1.165, 1.54) is 17.3 Å². The summed E-state index contributed by atoms with van der Waals surface area (Å²) in [5.41, 5.74) is 5.47. The molecule has 3 rings (SSSR count). The van der Waals surface area contributed by atoms with E-state index in [2.05, 4.69) is 10.6 Å². The van der Waals surface area contributed by atoms with Gasteiger partial charge >= 0.3 is 0 Å². The molecule has 2 amide bonds. The van der Waals surface area contributed by atoms with E-state index < -0.39 is 0 Å². The minimum absolute atomic E-state index is 0.0592. The van der Waals surface area contributed by atoms with Gasteiger partial charge in [0.15, 0.2) is 0 Å². The molecule has 0 heterocycles. The van der Waals surface area contributed by atoms with Crippen LogP contribution in [0.2, 0.25) is 0 Å². The van der Waals surface area contributed by atoms with Crippen molar-refractivity contribution in [2.45, 2.75) is 25.7 Å². The van der Waals surface area contributed by atoms with Gasteiger partial charge in [0.2, 0.25) is 5.91 Å². The molecule has 4 nitrogen and oxygen atoms in total. The number of hydrogen-bond acceptors (Lipinski definition) is 3. The minimum Gasteiger partial charge on any atom is -0.325 e. The quantitative estimate of drug-likeness (QED) is 0.526. The van der Waals surface area contributed by atoms with Gasteiger partial charge in [-0.05, 0) is 62.7 Å². The van der Waals surface area contributed by atoms with Crippen LogP contribution in [0.3, 0.4) is 0 Å². The van der Waals surface area contributed by atoms with Gasteiger partial charge < -0.3 is 10.6 Å². The number of benzene rings is 3. The van der Waals surface area contributed by atoms with Crippen molar-refractivity contribution in [3.8, 4) is 0 Å². The van der Waals surface area contributed by atoms with Gasteiger partial charge in [0.1, 0.15) is 0 Å². The highest BCUT2D eigenvalue weighted by molar-refractivity contribution is 8.00. The number of carbonyl (C=O) groups excluding carboxylic acids is 2. The standard InChI is InChI=1S/C24H24N2O2S/c1-16-7-10-19(11-8-16)24(28)25-20-5-4-6-21(14-20)29-15-23(27)26-22-12-9-17(2)13-18(22)3/h4-14H,15H2,1-3H3,(H,25,28)(H,26,27). The summed E-state index contributed by atoms with van der Waals surface area (Å²) in [6, 6.07) is 20.9. The molecule has 3 aromatic rings. The average molecular weight is 405 g/mol. The van der Waals surface area contributed by atoms with Crippen molar-refractivity contribution in [2.24, 2.45) is 0 Å². The molecule has 5 heteroatoms. The molecule has 0 aliphatic rings. The summed E-state index contributed by atoms with van der Waals surface area (Å²) >= 11 is 1.43. The number of amides is 2. The van der Waals surface area contributed by atoms with Gasteiger partial charge in [0.05, 0.1) is 5.75 Å². The zero-order valence-corrected chi connectivity index (χ0v) is 17.6. The lowest BCUT2D eigenvalue weighted by Gasteiger charge is -2.10. The first kappa shape index (κ1) is 20.7. The number of anilines is 2. The summed E-state index contributed by atoms with van der Waals surface area (Å²) in [5.74, 6) is 0.0821. The van der Waals surface area contributed by atoms with Crippen molar-refractivity contribution in [1.82, 2.24) is 0 Å². The molecule has 0 saturated heterocycles. The molecular formula is C24H24N2O2S. The first-order chi connectivity index (χ1) is 13.9. The lowest BCUT2D eigenvalue weighted by atomic mass is 10.1. The zero-order valence-electron chi connectivity index (χ0n) is 16.8. The maximum Gasteiger partial charge on any atom is 0.255 e. The van der Waals surface area contributed by atoms with Gasteiger partial charge in [-0.2, -0.15) is 0 Å². The molecule has 3 aromatic carbocycles. The normalized spacial score (nSPS) is 10.4. The molecule has 2 N–H and O–H groups in total. The van der Waals surface area contributed by atoms with E-state index in [0.717, 1.165) is 21.7 Å². The van der Waals surface area contributed by atoms with Crippen molar-refractivity contribution in [3.05, 3.63) is 89.0 Å². The molecule has 0 bridgehead atoms. The van der Waals surface area contributed by atoms with E-state index in [1.54, 1.807) is 12.1 Å². The summed E-state index contributed by atoms with van der Waals surface area (Å²) in [4.78, 5) is 25.6. The summed E-state index contributed by atoms with van der Waals surface area (Å²) < 4.78 is 0. The van der Waals surface area contributed by atoms with Crippen molar-refractivity contribution < 1.29 is 9.59 Å². The van der Waals surface area contributed by atoms with E-state index in [1.807, 2.05) is 75.4 Å². The first-order valence-corrected chi connectivity index (χ1v) is 10.4. The van der Waals surface area contributed by atoms with Gasteiger partial charge in [-0.3, -0.25) is 9.59 Å². The largest absolute Gasteiger partial charge is 0.325 e. The zero-order chi connectivity index (χ0) is 20.8. The van der Waals surface area contributed by atoms with Crippen molar-refractivity contribution in [2.75, 3.05) is 16.4 Å². The van der Waals surface area contributed by atoms with Gasteiger partial charge in [-0.15, -0.1) is 11.8 Å². The van der Waals surface area contributed by atoms with E-state index in [-0.39, 0.29) is 11.8 Å². The number of carbonyl (C=O) groups is 2. The summed E-state index contributed by atoms with van der Waals surface area (Å²) in [6.45, 7) is 5.99. The number of rotatable bonds is 6. The van der Waals surface area contributed by atoms with Gasteiger partial charge in [-0.1, -0.05) is 41.5 Å². The van der Waals surface area contributed by atoms with E-state index >= 15 is 0 Å². The Morgan fingerprint density at radius 2 is 1.55 bits per heavy atom. The number of hydrogen-bond donors (Lipinski definition) is 2. The monoisotopic (exact) mass is 404 g/mol. The molecule has 0 atom stereocenters. The second-order valence-corrected chi connectivity index (χ2v) is 8.05. The second-order valence-electron chi connectivity index (χ2n) is 7.00. The maximum absolute atomic E-state index is 12.4. The molecular weight excluding hydrogens is 380 g/mol. The molecule has 0 aliphatic carbocycles. The maximum atomic E-state index is 12.4. The van der Waals surface area contributed by atoms with Gasteiger partial charge in [-0.25, -0.2) is 0 Å². The Bertz CT molecular complexity index is 1030. The lowest BCUT2D eigenvalue weighted by Crippen LogP contribution is -2.15. The summed E-state index contributed by atoms with van der Waals surface area (Å²) in [6.07, 6.45) is 0. The van der Waals surface area contributed by atoms with Crippen LogP contribution in [0, 0.1) is 20.8 Å². The Labute approximate surface area is 175 Å². The average Bonchev–Trinajstić information content (AvgIpc) is 2.69. The third-order valence-electron chi connectivity index (χ3n) is 4.43. The van der Waals surface area contributed by atoms with E-state index in [0.29, 0.717) is 17.0 Å². The Hall–Kier alpha value is -3.05. The molecule has 29 heavy (non-hydrogen) atoms. The smallest absolute Gasteiger partial charge is 0.255 e. The number of thioether (sulfide) groups is 1. The molecule has 0 aromatic heterocycles. The van der Waals surface area contributed by atoms with Crippen LogP contribution in [-0.2, 0) is 4.79 Å². The predicted molar refractivity (Wildman–Crippen MR) is 121 cm³/mol. The van der Waals surface area contributed by atoms with Crippen LogP contribution in [0.4, 0.5) is 11.4 Å². The summed E-state index contributed by atoms with van der Waals surface area (Å²) in [5, 5.41) is 5.86. The van der Waals surface area contributed by atoms with Crippen LogP contribution in [0.5, 0.6) is 0 Å². The minimum atomic E-state index is -0.153. The second kappa shape index (κ2) is 9.43. The Morgan fingerprint density at radius 1 is 0.828 bits per heavy atom. The van der Waals surface area contributed by atoms with Crippen LogP contribution in [-0.4, -0.2) is 17.6 Å². The van der Waals surface area contributed by atoms with Gasteiger partial charge in [0.25, 0.3) is 5.91 Å². The molecule has 0 spiro atoms. The van der Waals surface area contributed by atoms with Crippen LogP contribution < -0.4 is 10.6 Å². The predicted octanol–water partition coefficient (Wildman–Crippen LogP) is 5.59. The fourth-order valence-corrected chi connectivity index (χ4v) is 3.62. The van der Waals surface area contributed by atoms with Crippen molar-refractivity contribution in [1.29, 1.82) is 0 Å². The van der Waals surface area contributed by atoms with Crippen LogP contribution in [0.25, 0.3) is 0 Å². The number of nitrogens with one attached hydrogen (secondary N) is 2. The SMILES string of the molecule is Cc1ccc(C(=O)Nc2cccc(SCC(=O)Nc3ccc(C)cc3C)c2)cc1. The third kappa shape index (κ3) is 5.96. The van der Waals surface area contributed by atoms with E-state index in [9.17, 15) is 9.59 Å². The summed E-state index contributed by atoms with van der Waals surface area (Å²) in [7, 11) is 0. The van der Waals surface area contributed by atoms with Crippen LogP contribution in [0.1, 0.15) is 27.0 Å². The highest BCUT2D eigenvalue weighted by Gasteiger charge is 2.08. The third-order valence-corrected chi connectivity index (χ3v) is 5.43.